The second kappa shape index (κ2) is 8.05. The van der Waals surface area contributed by atoms with Crippen LogP contribution < -0.4 is 23.4 Å². The van der Waals surface area contributed by atoms with Crippen LogP contribution in [-0.2, 0) is 0 Å². The molecule has 0 aliphatic rings. The number of para-hydroxylation sites is 1. The molecule has 6 nitrogen and oxygen atoms in total. The molecule has 3 aromatic rings. The summed E-state index contributed by atoms with van der Waals surface area (Å²) in [6.45, 7) is 2.63. The van der Waals surface area contributed by atoms with E-state index in [4.69, 9.17) is 27.8 Å². The minimum atomic E-state index is -4.94. The molecule has 0 amide bonds. The lowest BCUT2D eigenvalue weighted by molar-refractivity contribution is -2.00. The van der Waals surface area contributed by atoms with Gasteiger partial charge in [0.15, 0.2) is 0 Å². The van der Waals surface area contributed by atoms with E-state index in [1.165, 1.54) is 0 Å². The van der Waals surface area contributed by atoms with Gasteiger partial charge in [0, 0.05) is 6.07 Å². The van der Waals surface area contributed by atoms with Crippen molar-refractivity contribution >= 4 is 11.0 Å². The Labute approximate surface area is 140 Å². The van der Waals surface area contributed by atoms with Crippen molar-refractivity contribution in [2.45, 2.75) is 6.92 Å². The van der Waals surface area contributed by atoms with Crippen LogP contribution in [0.25, 0.3) is 22.3 Å². The molecular weight excluding hydrogens is 336 g/mol. The second-order valence-corrected chi connectivity index (χ2v) is 5.40. The first-order valence-electron chi connectivity index (χ1n) is 7.04. The Bertz CT molecular complexity index is 780. The molecule has 3 rings (SSSR count). The zero-order chi connectivity index (χ0) is 17.6. The van der Waals surface area contributed by atoms with Crippen molar-refractivity contribution in [2.75, 3.05) is 6.61 Å². The fourth-order valence-electron chi connectivity index (χ4n) is 2.12. The summed E-state index contributed by atoms with van der Waals surface area (Å²) in [5.74, 6) is 1.69. The lowest BCUT2D eigenvalue weighted by Gasteiger charge is -2.17. The van der Waals surface area contributed by atoms with E-state index in [0.717, 1.165) is 28.0 Å². The van der Waals surface area contributed by atoms with Crippen LogP contribution in [0.1, 0.15) is 6.92 Å². The van der Waals surface area contributed by atoms with E-state index < -0.39 is 10.2 Å². The fraction of sp³-hybridized carbons (Fsp3) is 0.118. The first kappa shape index (κ1) is 18.1. The zero-order valence-corrected chi connectivity index (χ0v) is 13.6. The number of fused-ring (bicyclic) bond motifs is 1. The van der Waals surface area contributed by atoms with Gasteiger partial charge in [-0.3, -0.25) is 0 Å². The summed E-state index contributed by atoms with van der Waals surface area (Å²) < 4.78 is 45.6. The van der Waals surface area contributed by atoms with Crippen LogP contribution in [-0.4, -0.2) is 6.61 Å². The normalized spacial score (nSPS) is 10.9. The average Bonchev–Trinajstić information content (AvgIpc) is 2.54. The van der Waals surface area contributed by atoms with Gasteiger partial charge < -0.3 is 4.74 Å². The molecule has 0 saturated carbocycles. The molecule has 0 fully saturated rings. The Balaban J connectivity index is 0.000000368. The van der Waals surface area contributed by atoms with Gasteiger partial charge in [0.25, 0.3) is 0 Å². The molecule has 0 N–H and O–H groups in total. The monoisotopic (exact) mass is 350 g/mol. The highest BCUT2D eigenvalue weighted by Crippen LogP contribution is 2.32. The number of rotatable bonds is 3. The van der Waals surface area contributed by atoms with E-state index in [1.54, 1.807) is 0 Å². The second-order valence-electron chi connectivity index (χ2n) is 4.65. The van der Waals surface area contributed by atoms with Crippen molar-refractivity contribution in [3.63, 3.8) is 0 Å². The van der Waals surface area contributed by atoms with Crippen molar-refractivity contribution in [2.24, 2.45) is 0 Å². The predicted octanol–water partition coefficient (Wildman–Crippen LogP) is 0.0236. The summed E-state index contributed by atoms with van der Waals surface area (Å²) in [7, 11) is -4.94. The van der Waals surface area contributed by atoms with Crippen LogP contribution >= 0.6 is 0 Å². The topological polar surface area (TPSA) is 113 Å². The Kier molecular flexibility index (Phi) is 6.08. The third-order valence-electron chi connectivity index (χ3n) is 2.99. The van der Waals surface area contributed by atoms with Gasteiger partial charge in [-0.1, -0.05) is 30.3 Å². The number of hydrogen-bond donors (Lipinski definition) is 0. The van der Waals surface area contributed by atoms with Crippen molar-refractivity contribution in [3.05, 3.63) is 60.7 Å². The van der Waals surface area contributed by atoms with Gasteiger partial charge in [-0.05, 0) is 25.1 Å². The molecule has 126 valence electrons. The van der Waals surface area contributed by atoms with Gasteiger partial charge in [-0.2, -0.15) is 0 Å². The number of benzene rings is 2. The lowest BCUT2D eigenvalue weighted by Crippen LogP contribution is -2.68. The van der Waals surface area contributed by atoms with E-state index in [0.29, 0.717) is 6.61 Å². The molecule has 0 spiro atoms. The van der Waals surface area contributed by atoms with Crippen molar-refractivity contribution in [3.8, 4) is 17.1 Å². The average molecular weight is 351 g/mol. The summed E-state index contributed by atoms with van der Waals surface area (Å²) in [6, 6.07) is 19.9. The molecule has 1 aromatic heterocycles. The first-order valence-corrected chi connectivity index (χ1v) is 8.28. The Morgan fingerprint density at radius 1 is 0.917 bits per heavy atom. The Morgan fingerprint density at radius 2 is 1.50 bits per heavy atom. The molecule has 0 radical (unpaired) electrons. The summed E-state index contributed by atoms with van der Waals surface area (Å²) >= 11 is 0. The summed E-state index contributed by atoms with van der Waals surface area (Å²) in [6.07, 6.45) is 0. The number of hydrogen-bond acceptors (Lipinski definition) is 5. The third kappa shape index (κ3) is 5.45. The van der Waals surface area contributed by atoms with Crippen LogP contribution in [0.15, 0.2) is 65.1 Å². The first-order chi connectivity index (χ1) is 11.4. The molecule has 0 bridgehead atoms. The van der Waals surface area contributed by atoms with Crippen LogP contribution in [0.5, 0.6) is 5.75 Å². The van der Waals surface area contributed by atoms with E-state index in [9.17, 15) is 0 Å². The molecule has 0 atom stereocenters. The molecule has 0 aliphatic carbocycles. The maximum absolute atomic E-state index is 8.49. The molecule has 0 unspecified atom stereocenters. The van der Waals surface area contributed by atoms with E-state index in [-0.39, 0.29) is 0 Å². The maximum atomic E-state index is 8.49. The predicted molar refractivity (Wildman–Crippen MR) is 77.2 cm³/mol. The smallest absolute Gasteiger partial charge is 0.364 e. The summed E-state index contributed by atoms with van der Waals surface area (Å²) in [5.41, 5.74) is 1.89. The standard InChI is InChI=1S/C17H15O2.ClHO4/c1-2-18-17-12-16(13-8-4-3-5-9-13)19-15-11-7-6-10-14(15)17;2-1(3,4)5/h3-12H,2H2,1H3;(H,2,3,4,5)/q+1;/p-1. The van der Waals surface area contributed by atoms with Gasteiger partial charge in [0.05, 0.1) is 18.2 Å². The SMILES string of the molecule is CCOc1cc(-c2ccccc2)[o+]c2ccccc12.[O-][Cl+3]([O-])([O-])[O-]. The quantitative estimate of drug-likeness (QED) is 0.615. The van der Waals surface area contributed by atoms with Crippen molar-refractivity contribution in [1.82, 2.24) is 0 Å². The van der Waals surface area contributed by atoms with Crippen LogP contribution in [0.2, 0.25) is 0 Å². The highest BCUT2D eigenvalue weighted by Gasteiger charge is 2.19. The van der Waals surface area contributed by atoms with Crippen LogP contribution in [0.4, 0.5) is 0 Å². The van der Waals surface area contributed by atoms with Gasteiger partial charge >= 0.3 is 11.3 Å². The molecular formula is C17H15ClO6. The molecule has 0 saturated heterocycles. The molecule has 1 heterocycles. The summed E-state index contributed by atoms with van der Waals surface area (Å²) in [5, 5.41) is 1.00. The van der Waals surface area contributed by atoms with Gasteiger partial charge in [-0.25, -0.2) is 23.1 Å². The van der Waals surface area contributed by atoms with Gasteiger partial charge in [-0.15, -0.1) is 10.2 Å². The minimum Gasteiger partial charge on any atom is -0.493 e. The van der Waals surface area contributed by atoms with E-state index in [2.05, 4.69) is 0 Å². The van der Waals surface area contributed by atoms with E-state index >= 15 is 0 Å². The molecule has 24 heavy (non-hydrogen) atoms. The van der Waals surface area contributed by atoms with E-state index in [1.807, 2.05) is 67.6 Å². The van der Waals surface area contributed by atoms with Gasteiger partial charge in [0.2, 0.25) is 0 Å². The summed E-state index contributed by atoms with van der Waals surface area (Å²) in [4.78, 5) is 0. The third-order valence-corrected chi connectivity index (χ3v) is 2.99. The molecule has 7 heteroatoms. The fourth-order valence-corrected chi connectivity index (χ4v) is 2.12. The van der Waals surface area contributed by atoms with Crippen molar-refractivity contribution < 1.29 is 38.0 Å². The van der Waals surface area contributed by atoms with Crippen LogP contribution in [0.3, 0.4) is 0 Å². The minimum absolute atomic E-state index is 0.641. The molecule has 2 aromatic carbocycles. The van der Waals surface area contributed by atoms with Crippen LogP contribution in [0, 0.1) is 10.2 Å². The lowest BCUT2D eigenvalue weighted by atomic mass is 10.1. The zero-order valence-electron chi connectivity index (χ0n) is 12.8. The molecule has 0 aliphatic heterocycles. The Morgan fingerprint density at radius 3 is 2.12 bits per heavy atom. The Hall–Kier alpha value is -2.22. The largest absolute Gasteiger partial charge is 0.493 e. The van der Waals surface area contributed by atoms with Gasteiger partial charge in [0.1, 0.15) is 11.1 Å². The van der Waals surface area contributed by atoms with Crippen molar-refractivity contribution in [1.29, 1.82) is 0 Å². The highest BCUT2D eigenvalue weighted by atomic mass is 35.7. The number of ether oxygens (including phenoxy) is 1. The highest BCUT2D eigenvalue weighted by molar-refractivity contribution is 5.85. The maximum Gasteiger partial charge on any atom is 0.364 e. The number of halogens is 1.